The van der Waals surface area contributed by atoms with Crippen LogP contribution in [0.4, 0.5) is 4.39 Å². The molecule has 0 heterocycles. The van der Waals surface area contributed by atoms with Gasteiger partial charge in [0, 0.05) is 16.6 Å². The Kier molecular flexibility index (Phi) is 5.59. The number of hydrogen-bond donors (Lipinski definition) is 2. The molecule has 0 spiro atoms. The fourth-order valence-electron chi connectivity index (χ4n) is 2.40. The van der Waals surface area contributed by atoms with Gasteiger partial charge >= 0.3 is 0 Å². The van der Waals surface area contributed by atoms with Gasteiger partial charge in [-0.3, -0.25) is 0 Å². The third kappa shape index (κ3) is 4.45. The molecule has 1 atom stereocenters. The van der Waals surface area contributed by atoms with E-state index in [0.29, 0.717) is 17.0 Å². The van der Waals surface area contributed by atoms with Crippen molar-refractivity contribution in [2.45, 2.75) is 25.8 Å². The van der Waals surface area contributed by atoms with E-state index in [-0.39, 0.29) is 17.6 Å². The maximum Gasteiger partial charge on any atom is 0.127 e. The molecule has 2 aromatic rings. The molecule has 0 saturated carbocycles. The van der Waals surface area contributed by atoms with Crippen molar-refractivity contribution in [3.63, 3.8) is 0 Å². The number of hydrogen-bond acceptors (Lipinski definition) is 2. The van der Waals surface area contributed by atoms with Crippen molar-refractivity contribution in [1.82, 2.24) is 5.32 Å². The Morgan fingerprint density at radius 3 is 2.48 bits per heavy atom. The summed E-state index contributed by atoms with van der Waals surface area (Å²) in [5, 5.41) is 13.1. The van der Waals surface area contributed by atoms with Crippen LogP contribution in [0.2, 0.25) is 5.02 Å². The molecule has 0 amide bonds. The fraction of sp³-hybridized carbons (Fsp3) is 0.294. The SMILES string of the molecule is CCNC(Cc1ccc(O)cc1)Cc1c(F)cccc1Cl. The van der Waals surface area contributed by atoms with Crippen molar-refractivity contribution < 1.29 is 9.50 Å². The molecule has 0 bridgehead atoms. The van der Waals surface area contributed by atoms with E-state index in [1.807, 2.05) is 19.1 Å². The molecule has 2 aromatic carbocycles. The van der Waals surface area contributed by atoms with Gasteiger partial charge in [0.1, 0.15) is 11.6 Å². The quantitative estimate of drug-likeness (QED) is 0.847. The van der Waals surface area contributed by atoms with Crippen LogP contribution in [0.3, 0.4) is 0 Å². The zero-order valence-electron chi connectivity index (χ0n) is 11.9. The van der Waals surface area contributed by atoms with Gasteiger partial charge in [-0.25, -0.2) is 4.39 Å². The van der Waals surface area contributed by atoms with Crippen LogP contribution in [0.25, 0.3) is 0 Å². The van der Waals surface area contributed by atoms with Gasteiger partial charge in [-0.15, -0.1) is 0 Å². The molecular weight excluding hydrogens is 289 g/mol. The topological polar surface area (TPSA) is 32.3 Å². The van der Waals surface area contributed by atoms with E-state index in [0.717, 1.165) is 18.5 Å². The first-order chi connectivity index (χ1) is 10.1. The zero-order chi connectivity index (χ0) is 15.2. The average molecular weight is 308 g/mol. The lowest BCUT2D eigenvalue weighted by Crippen LogP contribution is -2.33. The number of halogens is 2. The van der Waals surface area contributed by atoms with Gasteiger partial charge in [0.2, 0.25) is 0 Å². The van der Waals surface area contributed by atoms with Crippen molar-refractivity contribution in [3.05, 3.63) is 64.4 Å². The zero-order valence-corrected chi connectivity index (χ0v) is 12.7. The second kappa shape index (κ2) is 7.43. The summed E-state index contributed by atoms with van der Waals surface area (Å²) < 4.78 is 13.9. The van der Waals surface area contributed by atoms with Crippen LogP contribution in [0, 0.1) is 5.82 Å². The molecule has 0 aliphatic heterocycles. The predicted octanol–water partition coefficient (Wildman–Crippen LogP) is 3.95. The third-order valence-electron chi connectivity index (χ3n) is 3.42. The minimum atomic E-state index is -0.267. The van der Waals surface area contributed by atoms with Crippen LogP contribution < -0.4 is 5.32 Å². The number of nitrogens with one attached hydrogen (secondary N) is 1. The fourth-order valence-corrected chi connectivity index (χ4v) is 2.64. The Morgan fingerprint density at radius 2 is 1.86 bits per heavy atom. The lowest BCUT2D eigenvalue weighted by atomic mass is 9.98. The Bertz CT molecular complexity index is 566. The molecular formula is C17H19ClFNO. The van der Waals surface area contributed by atoms with Crippen LogP contribution in [0.15, 0.2) is 42.5 Å². The summed E-state index contributed by atoms with van der Waals surface area (Å²) in [7, 11) is 0. The highest BCUT2D eigenvalue weighted by atomic mass is 35.5. The molecule has 2 nitrogen and oxygen atoms in total. The van der Waals surface area contributed by atoms with Crippen molar-refractivity contribution in [2.75, 3.05) is 6.54 Å². The molecule has 0 radical (unpaired) electrons. The molecule has 0 aromatic heterocycles. The van der Waals surface area contributed by atoms with E-state index in [9.17, 15) is 9.50 Å². The summed E-state index contributed by atoms with van der Waals surface area (Å²) in [6.07, 6.45) is 1.28. The number of rotatable bonds is 6. The van der Waals surface area contributed by atoms with E-state index >= 15 is 0 Å². The molecule has 2 rings (SSSR count). The predicted molar refractivity (Wildman–Crippen MR) is 84.4 cm³/mol. The standard InChI is InChI=1S/C17H19ClFNO/c1-2-20-13(10-12-6-8-14(21)9-7-12)11-15-16(18)4-3-5-17(15)19/h3-9,13,20-21H,2,10-11H2,1H3. The molecule has 0 aliphatic carbocycles. The van der Waals surface area contributed by atoms with Crippen molar-refractivity contribution in [2.24, 2.45) is 0 Å². The maximum atomic E-state index is 13.9. The lowest BCUT2D eigenvalue weighted by Gasteiger charge is -2.19. The van der Waals surface area contributed by atoms with Crippen molar-refractivity contribution in [1.29, 1.82) is 0 Å². The Balaban J connectivity index is 2.13. The van der Waals surface area contributed by atoms with E-state index in [4.69, 9.17) is 11.6 Å². The number of phenols is 1. The first-order valence-corrected chi connectivity index (χ1v) is 7.42. The van der Waals surface area contributed by atoms with E-state index < -0.39 is 0 Å². The van der Waals surface area contributed by atoms with Crippen molar-refractivity contribution >= 4 is 11.6 Å². The molecule has 21 heavy (non-hydrogen) atoms. The van der Waals surface area contributed by atoms with Crippen molar-refractivity contribution in [3.8, 4) is 5.75 Å². The van der Waals surface area contributed by atoms with Gasteiger partial charge in [-0.1, -0.05) is 36.7 Å². The summed E-state index contributed by atoms with van der Waals surface area (Å²) in [6, 6.07) is 11.9. The Hall–Kier alpha value is -1.58. The summed E-state index contributed by atoms with van der Waals surface area (Å²) in [5.74, 6) is -0.0213. The summed E-state index contributed by atoms with van der Waals surface area (Å²) in [5.41, 5.74) is 1.63. The first kappa shape index (κ1) is 15.8. The van der Waals surface area contributed by atoms with Crippen LogP contribution in [-0.2, 0) is 12.8 Å². The molecule has 2 N–H and O–H groups in total. The number of likely N-dealkylation sites (N-methyl/N-ethyl adjacent to an activating group) is 1. The van der Waals surface area contributed by atoms with Gasteiger partial charge in [0.15, 0.2) is 0 Å². The van der Waals surface area contributed by atoms with Crippen LogP contribution in [0.1, 0.15) is 18.1 Å². The summed E-state index contributed by atoms with van der Waals surface area (Å²) in [6.45, 7) is 2.82. The minimum absolute atomic E-state index is 0.0916. The second-order valence-electron chi connectivity index (χ2n) is 5.03. The van der Waals surface area contributed by atoms with E-state index in [1.54, 1.807) is 24.3 Å². The molecule has 112 valence electrons. The van der Waals surface area contributed by atoms with E-state index in [1.165, 1.54) is 6.07 Å². The Morgan fingerprint density at radius 1 is 1.14 bits per heavy atom. The molecule has 0 saturated heterocycles. The third-order valence-corrected chi connectivity index (χ3v) is 3.78. The number of benzene rings is 2. The molecule has 1 unspecified atom stereocenters. The second-order valence-corrected chi connectivity index (χ2v) is 5.44. The summed E-state index contributed by atoms with van der Waals surface area (Å²) in [4.78, 5) is 0. The monoisotopic (exact) mass is 307 g/mol. The van der Waals surface area contributed by atoms with Gasteiger partial charge in [0.25, 0.3) is 0 Å². The number of phenolic OH excluding ortho intramolecular Hbond substituents is 1. The minimum Gasteiger partial charge on any atom is -0.508 e. The van der Waals surface area contributed by atoms with Gasteiger partial charge in [-0.2, -0.15) is 0 Å². The van der Waals surface area contributed by atoms with Gasteiger partial charge in [-0.05, 0) is 49.2 Å². The molecule has 0 fully saturated rings. The highest BCUT2D eigenvalue weighted by Crippen LogP contribution is 2.22. The Labute approximate surface area is 129 Å². The highest BCUT2D eigenvalue weighted by Gasteiger charge is 2.15. The van der Waals surface area contributed by atoms with Crippen LogP contribution >= 0.6 is 11.6 Å². The smallest absolute Gasteiger partial charge is 0.127 e. The normalized spacial score (nSPS) is 12.3. The largest absolute Gasteiger partial charge is 0.508 e. The van der Waals surface area contributed by atoms with Gasteiger partial charge in [0.05, 0.1) is 0 Å². The molecule has 4 heteroatoms. The van der Waals surface area contributed by atoms with Crippen LogP contribution in [-0.4, -0.2) is 17.7 Å². The number of aromatic hydroxyl groups is 1. The lowest BCUT2D eigenvalue weighted by molar-refractivity contribution is 0.474. The molecule has 0 aliphatic rings. The summed E-state index contributed by atoms with van der Waals surface area (Å²) >= 11 is 6.10. The van der Waals surface area contributed by atoms with Crippen LogP contribution in [0.5, 0.6) is 5.75 Å². The van der Waals surface area contributed by atoms with E-state index in [2.05, 4.69) is 5.32 Å². The van der Waals surface area contributed by atoms with Gasteiger partial charge < -0.3 is 10.4 Å². The first-order valence-electron chi connectivity index (χ1n) is 7.04. The maximum absolute atomic E-state index is 13.9. The highest BCUT2D eigenvalue weighted by molar-refractivity contribution is 6.31. The average Bonchev–Trinajstić information content (AvgIpc) is 2.45.